The van der Waals surface area contributed by atoms with Crippen molar-refractivity contribution in [3.63, 3.8) is 0 Å². The largest absolute Gasteiger partial charge is 0.378 e. The first kappa shape index (κ1) is 41.8. The molecule has 0 saturated carbocycles. The number of alkyl halides is 2. The molecule has 0 aliphatic carbocycles. The molecule has 0 bridgehead atoms. The van der Waals surface area contributed by atoms with E-state index in [1.165, 1.54) is 22.8 Å². The van der Waals surface area contributed by atoms with Gasteiger partial charge in [0, 0.05) is 71.5 Å². The van der Waals surface area contributed by atoms with E-state index in [-0.39, 0.29) is 85.6 Å². The Hall–Kier alpha value is -6.97. The van der Waals surface area contributed by atoms with Crippen LogP contribution in [0, 0.1) is 0 Å². The predicted octanol–water partition coefficient (Wildman–Crippen LogP) is 1.35. The summed E-state index contributed by atoms with van der Waals surface area (Å²) in [7, 11) is 0. The van der Waals surface area contributed by atoms with Crippen LogP contribution in [-0.2, 0) is 28.7 Å². The molecule has 4 aliphatic heterocycles. The molecule has 324 valence electrons. The molecule has 3 fully saturated rings. The van der Waals surface area contributed by atoms with Crippen LogP contribution in [0.25, 0.3) is 17.0 Å². The minimum absolute atomic E-state index is 0.000680. The number of piperazine rings is 1. The van der Waals surface area contributed by atoms with Gasteiger partial charge in [-0.15, -0.1) is 0 Å². The average molecular weight is 857 g/mol. The zero-order valence-electron chi connectivity index (χ0n) is 33.3. The van der Waals surface area contributed by atoms with E-state index in [1.807, 2.05) is 9.80 Å². The number of para-hydroxylation sites is 2. The van der Waals surface area contributed by atoms with E-state index < -0.39 is 47.8 Å². The Kier molecular flexibility index (Phi) is 12.1. The van der Waals surface area contributed by atoms with Crippen LogP contribution in [0.2, 0.25) is 0 Å². The smallest absolute Gasteiger partial charge is 0.296 e. The summed E-state index contributed by atoms with van der Waals surface area (Å²) in [6.07, 6.45) is -2.84. The third kappa shape index (κ3) is 8.62. The maximum absolute atomic E-state index is 14.3. The van der Waals surface area contributed by atoms with Gasteiger partial charge in [-0.3, -0.25) is 48.3 Å². The Morgan fingerprint density at radius 3 is 2.23 bits per heavy atom. The number of rotatable bonds is 13. The maximum atomic E-state index is 14.3. The average Bonchev–Trinajstić information content (AvgIpc) is 3.79. The minimum Gasteiger partial charge on any atom is -0.378 e. The van der Waals surface area contributed by atoms with Crippen LogP contribution in [0.4, 0.5) is 26.4 Å². The summed E-state index contributed by atoms with van der Waals surface area (Å²) >= 11 is 0. The van der Waals surface area contributed by atoms with Gasteiger partial charge >= 0.3 is 0 Å². The first-order chi connectivity index (χ1) is 30.0. The van der Waals surface area contributed by atoms with Crippen LogP contribution in [0.1, 0.15) is 71.5 Å². The molecule has 62 heavy (non-hydrogen) atoms. The van der Waals surface area contributed by atoms with E-state index in [0.29, 0.717) is 69.5 Å². The van der Waals surface area contributed by atoms with Gasteiger partial charge in [-0.05, 0) is 37.1 Å². The van der Waals surface area contributed by atoms with E-state index in [9.17, 15) is 42.3 Å². The number of ether oxygens (including phenoxy) is 1. The number of hydrogen-bond acceptors (Lipinski definition) is 14. The van der Waals surface area contributed by atoms with Crippen molar-refractivity contribution in [3.8, 4) is 5.95 Å². The number of nitrogens with zero attached hydrogens (tertiary/aromatic N) is 9. The lowest BCUT2D eigenvalue weighted by atomic mass is 10.0. The molecule has 1 unspecified atom stereocenters. The number of imidazole rings is 1. The number of morpholine rings is 1. The molecule has 0 spiro atoms. The molecule has 4 aromatic rings. The first-order valence-corrected chi connectivity index (χ1v) is 20.3. The zero-order valence-corrected chi connectivity index (χ0v) is 33.3. The van der Waals surface area contributed by atoms with Crippen LogP contribution in [0.15, 0.2) is 42.5 Å². The number of hydrogen-bond donors (Lipinski definition) is 3. The van der Waals surface area contributed by atoms with Gasteiger partial charge < -0.3 is 30.1 Å². The van der Waals surface area contributed by atoms with Gasteiger partial charge in [0.05, 0.1) is 41.1 Å². The highest BCUT2D eigenvalue weighted by molar-refractivity contribution is 6.26. The number of nitrogens with one attached hydrogen (secondary N) is 3. The maximum Gasteiger partial charge on any atom is 0.296 e. The molecule has 2 aromatic carbocycles. The molecule has 3 saturated heterocycles. The fraction of sp³-hybridized carbons (Fsp3) is 0.425. The normalized spacial score (nSPS) is 18.1. The summed E-state index contributed by atoms with van der Waals surface area (Å²) in [5.74, 6) is -3.66. The highest BCUT2D eigenvalue weighted by Crippen LogP contribution is 2.33. The van der Waals surface area contributed by atoms with E-state index in [2.05, 4.69) is 30.9 Å². The summed E-state index contributed by atoms with van der Waals surface area (Å²) in [4.78, 5) is 113. The molecule has 2 aromatic heterocycles. The van der Waals surface area contributed by atoms with Crippen LogP contribution in [0.3, 0.4) is 0 Å². The van der Waals surface area contributed by atoms with Crippen LogP contribution in [-0.4, -0.2) is 141 Å². The topological polar surface area (TPSA) is 234 Å². The van der Waals surface area contributed by atoms with Gasteiger partial charge in [0.15, 0.2) is 5.82 Å². The fourth-order valence-corrected chi connectivity index (χ4v) is 7.82. The lowest BCUT2D eigenvalue weighted by Gasteiger charge is -2.35. The van der Waals surface area contributed by atoms with Crippen molar-refractivity contribution in [2.75, 3.05) is 74.1 Å². The predicted molar refractivity (Wildman–Crippen MR) is 214 cm³/mol. The van der Waals surface area contributed by atoms with Crippen molar-refractivity contribution >= 4 is 70.0 Å². The Labute approximate surface area is 352 Å². The summed E-state index contributed by atoms with van der Waals surface area (Å²) in [6.45, 7) is 3.33. The molecular weight excluding hydrogens is 815 g/mol. The van der Waals surface area contributed by atoms with Crippen molar-refractivity contribution in [1.29, 1.82) is 0 Å². The SMILES string of the molecule is O=C(CCC(=O)N1CCN(c2nc(N3CCOCC3)nc(-n3c(C(F)F)nc4ccccc43)n2)CC1)NCCCC(=O)Nc1cccc2c1C(=O)N(C1CCC(=O)NC1=O)C2=O. The molecule has 22 heteroatoms. The fourth-order valence-electron chi connectivity index (χ4n) is 7.82. The molecule has 4 aliphatic rings. The molecule has 20 nitrogen and oxygen atoms in total. The lowest BCUT2D eigenvalue weighted by molar-refractivity contribution is -0.136. The van der Waals surface area contributed by atoms with Gasteiger partial charge in [-0.1, -0.05) is 18.2 Å². The summed E-state index contributed by atoms with van der Waals surface area (Å²) in [5, 5.41) is 7.50. The van der Waals surface area contributed by atoms with E-state index >= 15 is 0 Å². The van der Waals surface area contributed by atoms with Crippen molar-refractivity contribution in [1.82, 2.24) is 44.9 Å². The number of carbonyl (C=O) groups is 7. The number of amides is 7. The Bertz CT molecular complexity index is 2450. The van der Waals surface area contributed by atoms with Gasteiger partial charge in [-0.25, -0.2) is 13.8 Å². The third-order valence-electron chi connectivity index (χ3n) is 11.0. The first-order valence-electron chi connectivity index (χ1n) is 20.3. The highest BCUT2D eigenvalue weighted by atomic mass is 19.3. The molecule has 3 N–H and O–H groups in total. The van der Waals surface area contributed by atoms with Gasteiger partial charge in [0.1, 0.15) is 6.04 Å². The number of benzene rings is 2. The number of anilines is 3. The summed E-state index contributed by atoms with van der Waals surface area (Å²) in [6, 6.07) is 10.00. The number of aromatic nitrogens is 5. The quantitative estimate of drug-likeness (QED) is 0.127. The van der Waals surface area contributed by atoms with Crippen LogP contribution >= 0.6 is 0 Å². The molecule has 6 heterocycles. The molecule has 0 radical (unpaired) electrons. The number of carbonyl (C=O) groups excluding carboxylic acids is 7. The second kappa shape index (κ2) is 17.9. The van der Waals surface area contributed by atoms with Gasteiger partial charge in [-0.2, -0.15) is 15.0 Å². The van der Waals surface area contributed by atoms with E-state index in [1.54, 1.807) is 29.2 Å². The minimum atomic E-state index is -2.90. The third-order valence-corrected chi connectivity index (χ3v) is 11.0. The van der Waals surface area contributed by atoms with E-state index in [4.69, 9.17) is 9.72 Å². The second-order valence-electron chi connectivity index (χ2n) is 15.0. The number of halogens is 2. The van der Waals surface area contributed by atoms with Gasteiger partial charge in [0.2, 0.25) is 47.4 Å². The van der Waals surface area contributed by atoms with Crippen LogP contribution < -0.4 is 25.8 Å². The zero-order chi connectivity index (χ0) is 43.5. The van der Waals surface area contributed by atoms with Crippen molar-refractivity contribution in [2.24, 2.45) is 0 Å². The van der Waals surface area contributed by atoms with Crippen molar-refractivity contribution in [3.05, 3.63) is 59.4 Å². The number of fused-ring (bicyclic) bond motifs is 2. The monoisotopic (exact) mass is 856 g/mol. The van der Waals surface area contributed by atoms with Crippen LogP contribution in [0.5, 0.6) is 0 Å². The number of piperidine rings is 1. The van der Waals surface area contributed by atoms with Gasteiger partial charge in [0.25, 0.3) is 18.2 Å². The Morgan fingerprint density at radius 2 is 1.50 bits per heavy atom. The molecule has 8 rings (SSSR count). The number of imide groups is 2. The van der Waals surface area contributed by atoms with Crippen molar-refractivity contribution in [2.45, 2.75) is 51.0 Å². The van der Waals surface area contributed by atoms with E-state index in [0.717, 1.165) is 4.90 Å². The Morgan fingerprint density at radius 1 is 0.790 bits per heavy atom. The summed E-state index contributed by atoms with van der Waals surface area (Å²) in [5.41, 5.74) is 0.884. The molecular formula is C40H42F2N12O8. The Balaban J connectivity index is 0.810. The summed E-state index contributed by atoms with van der Waals surface area (Å²) < 4.78 is 35.3. The second-order valence-corrected chi connectivity index (χ2v) is 15.0. The van der Waals surface area contributed by atoms with Crippen molar-refractivity contribution < 1.29 is 47.1 Å². The molecule has 7 amide bonds. The highest BCUT2D eigenvalue weighted by Gasteiger charge is 2.45. The molecule has 1 atom stereocenters. The standard InChI is InChI=1S/C40H42F2N12O8/c41-33(42)34-45-24-6-1-2-8-26(24)53(34)40-48-38(47-39(49-40)52-19-21-62-22-20-52)51-17-15-50(16-18-51)31(58)13-12-28(55)43-14-4-9-29(56)44-25-7-3-5-23-32(25)37(61)54(36(23)60)27-10-11-30(57)46-35(27)59/h1-3,5-8,27,33H,4,9-22H2,(H,43,55)(H,44,56)(H,46,57,59). The lowest BCUT2D eigenvalue weighted by Crippen LogP contribution is -2.54.